The van der Waals surface area contributed by atoms with Crippen LogP contribution in [0.5, 0.6) is 17.2 Å². The average molecular weight is 557 g/mol. The number of nitrogens with one attached hydrogen (secondary N) is 1. The van der Waals surface area contributed by atoms with Gasteiger partial charge in [0, 0.05) is 70.7 Å². The summed E-state index contributed by atoms with van der Waals surface area (Å²) in [4.78, 5) is 29.0. The number of nitrogens with zero attached hydrogens (tertiary/aromatic N) is 5. The molecule has 0 unspecified atom stereocenters. The molecule has 12 heteroatoms. The minimum atomic E-state index is 0.00454. The van der Waals surface area contributed by atoms with Crippen molar-refractivity contribution in [1.82, 2.24) is 24.8 Å². The van der Waals surface area contributed by atoms with Gasteiger partial charge in [0.25, 0.3) is 0 Å². The Hall–Kier alpha value is -3.41. The number of piperazine rings is 1. The molecule has 0 bridgehead atoms. The van der Waals surface area contributed by atoms with E-state index in [-0.39, 0.29) is 12.0 Å². The number of anilines is 2. The van der Waals surface area contributed by atoms with Crippen molar-refractivity contribution in [2.24, 2.45) is 0 Å². The van der Waals surface area contributed by atoms with E-state index in [1.807, 2.05) is 17.0 Å². The first kappa shape index (κ1) is 27.2. The van der Waals surface area contributed by atoms with Gasteiger partial charge in [-0.25, -0.2) is 15.0 Å². The molecule has 1 N–H and O–H groups in total. The monoisotopic (exact) mass is 556 g/mol. The normalized spacial score (nSPS) is 16.7. The van der Waals surface area contributed by atoms with Crippen LogP contribution in [-0.2, 0) is 9.53 Å². The number of carbonyl (C=O) groups excluding carboxylic acids is 1. The number of benzene rings is 1. The van der Waals surface area contributed by atoms with Gasteiger partial charge in [-0.1, -0.05) is 11.6 Å². The average Bonchev–Trinajstić information content (AvgIpc) is 2.95. The third-order valence-corrected chi connectivity index (χ3v) is 7.24. The molecular weight excluding hydrogens is 524 g/mol. The molecule has 0 saturated carbocycles. The predicted molar refractivity (Wildman–Crippen MR) is 147 cm³/mol. The molecule has 39 heavy (non-hydrogen) atoms. The second kappa shape index (κ2) is 12.6. The van der Waals surface area contributed by atoms with Crippen LogP contribution in [0.4, 0.5) is 11.5 Å². The van der Waals surface area contributed by atoms with Crippen molar-refractivity contribution in [1.29, 1.82) is 0 Å². The molecule has 2 saturated heterocycles. The van der Waals surface area contributed by atoms with E-state index in [9.17, 15) is 4.79 Å². The lowest BCUT2D eigenvalue weighted by molar-refractivity contribution is -0.130. The number of halogens is 1. The smallest absolute Gasteiger partial charge is 0.219 e. The van der Waals surface area contributed by atoms with Gasteiger partial charge in [-0.15, -0.1) is 0 Å². The summed E-state index contributed by atoms with van der Waals surface area (Å²) >= 11 is 6.36. The van der Waals surface area contributed by atoms with E-state index in [1.54, 1.807) is 26.3 Å². The Morgan fingerprint density at radius 1 is 1.10 bits per heavy atom. The number of ether oxygens (including phenoxy) is 4. The van der Waals surface area contributed by atoms with Gasteiger partial charge in [-0.05, 0) is 0 Å². The summed E-state index contributed by atoms with van der Waals surface area (Å²) in [5.41, 5.74) is 1.23. The molecule has 3 aromatic rings. The van der Waals surface area contributed by atoms with Crippen LogP contribution in [-0.4, -0.2) is 96.4 Å². The zero-order valence-corrected chi connectivity index (χ0v) is 22.9. The maximum absolute atomic E-state index is 11.6. The number of aromatic nitrogens is 3. The molecule has 2 fully saturated rings. The lowest BCUT2D eigenvalue weighted by Gasteiger charge is -2.34. The number of amides is 1. The van der Waals surface area contributed by atoms with Gasteiger partial charge in [0.2, 0.25) is 5.91 Å². The number of fused-ring (bicyclic) bond motifs is 1. The van der Waals surface area contributed by atoms with E-state index < -0.39 is 0 Å². The van der Waals surface area contributed by atoms with Gasteiger partial charge in [0.15, 0.2) is 5.15 Å². The molecule has 0 radical (unpaired) electrons. The van der Waals surface area contributed by atoms with Crippen LogP contribution in [0, 0.1) is 0 Å². The molecule has 1 amide bonds. The Labute approximate surface area is 232 Å². The van der Waals surface area contributed by atoms with Crippen molar-refractivity contribution in [2.45, 2.75) is 25.9 Å². The highest BCUT2D eigenvalue weighted by Crippen LogP contribution is 2.38. The molecule has 208 valence electrons. The van der Waals surface area contributed by atoms with Crippen LogP contribution >= 0.6 is 11.6 Å². The minimum Gasteiger partial charge on any atom is -0.495 e. The summed E-state index contributed by atoms with van der Waals surface area (Å²) < 4.78 is 23.5. The van der Waals surface area contributed by atoms with E-state index in [4.69, 9.17) is 30.5 Å². The minimum absolute atomic E-state index is 0.00454. The number of methoxy groups -OCH3 is 1. The number of carbonyl (C=O) groups is 1. The summed E-state index contributed by atoms with van der Waals surface area (Å²) in [5, 5.41) is 4.29. The summed E-state index contributed by atoms with van der Waals surface area (Å²) in [5.74, 6) is 2.52. The first-order valence-electron chi connectivity index (χ1n) is 13.1. The van der Waals surface area contributed by atoms with Crippen LogP contribution in [0.3, 0.4) is 0 Å². The van der Waals surface area contributed by atoms with Gasteiger partial charge in [0.1, 0.15) is 42.1 Å². The van der Waals surface area contributed by atoms with E-state index >= 15 is 0 Å². The Bertz CT molecular complexity index is 1300. The van der Waals surface area contributed by atoms with Crippen molar-refractivity contribution in [2.75, 3.05) is 65.0 Å². The number of hydrogen-bond acceptors (Lipinski definition) is 10. The third-order valence-electron chi connectivity index (χ3n) is 6.93. The highest BCUT2D eigenvalue weighted by atomic mass is 35.5. The molecule has 2 aromatic heterocycles. The van der Waals surface area contributed by atoms with E-state index in [1.165, 1.54) is 6.33 Å². The van der Waals surface area contributed by atoms with Crippen molar-refractivity contribution >= 4 is 39.9 Å². The van der Waals surface area contributed by atoms with Gasteiger partial charge < -0.3 is 29.2 Å². The molecule has 0 aliphatic carbocycles. The standard InChI is InChI=1S/C27H33ClN6O5/c1-18(35)34-7-5-33(6-8-34)9-12-38-20-13-22-25(24(15-20)39-19-3-10-37-11-4-19)27(31-17-30-22)32-23-14-21(36-2)16-29-26(23)28/h13-17,19H,3-12H2,1-2H3,(H,30,31,32). The molecule has 2 aliphatic heterocycles. The fourth-order valence-corrected chi connectivity index (χ4v) is 4.86. The lowest BCUT2D eigenvalue weighted by atomic mass is 10.1. The Balaban J connectivity index is 1.37. The quantitative estimate of drug-likeness (QED) is 0.393. The Kier molecular flexibility index (Phi) is 8.80. The van der Waals surface area contributed by atoms with Crippen molar-refractivity contribution in [3.63, 3.8) is 0 Å². The summed E-state index contributed by atoms with van der Waals surface area (Å²) in [6.07, 6.45) is 4.63. The largest absolute Gasteiger partial charge is 0.495 e. The van der Waals surface area contributed by atoms with Crippen LogP contribution in [0.25, 0.3) is 10.9 Å². The van der Waals surface area contributed by atoms with Gasteiger partial charge in [-0.2, -0.15) is 0 Å². The van der Waals surface area contributed by atoms with Crippen LogP contribution in [0.15, 0.2) is 30.7 Å². The first-order valence-corrected chi connectivity index (χ1v) is 13.5. The molecular formula is C27H33ClN6O5. The summed E-state index contributed by atoms with van der Waals surface area (Å²) in [6, 6.07) is 5.54. The zero-order chi connectivity index (χ0) is 27.2. The highest BCUT2D eigenvalue weighted by Gasteiger charge is 2.21. The van der Waals surface area contributed by atoms with Crippen molar-refractivity contribution in [3.05, 3.63) is 35.9 Å². The van der Waals surface area contributed by atoms with Gasteiger partial charge in [0.05, 0.1) is 43.1 Å². The van der Waals surface area contributed by atoms with Crippen LogP contribution in [0.2, 0.25) is 5.15 Å². The van der Waals surface area contributed by atoms with Crippen molar-refractivity contribution in [3.8, 4) is 17.2 Å². The van der Waals surface area contributed by atoms with Gasteiger partial charge >= 0.3 is 0 Å². The number of hydrogen-bond donors (Lipinski definition) is 1. The predicted octanol–water partition coefficient (Wildman–Crippen LogP) is 3.53. The molecule has 0 atom stereocenters. The van der Waals surface area contributed by atoms with Gasteiger partial charge in [-0.3, -0.25) is 9.69 Å². The van der Waals surface area contributed by atoms with E-state index in [2.05, 4.69) is 25.2 Å². The molecule has 2 aliphatic rings. The Morgan fingerprint density at radius 3 is 2.64 bits per heavy atom. The highest BCUT2D eigenvalue weighted by molar-refractivity contribution is 6.32. The SMILES string of the molecule is COc1cnc(Cl)c(Nc2ncnc3cc(OCCN4CCN(C(C)=O)CC4)cc(OC4CCOCC4)c23)c1. The fourth-order valence-electron chi connectivity index (χ4n) is 4.71. The molecule has 4 heterocycles. The number of pyridine rings is 1. The van der Waals surface area contributed by atoms with Crippen LogP contribution in [0.1, 0.15) is 19.8 Å². The maximum atomic E-state index is 11.6. The third kappa shape index (κ3) is 6.78. The van der Waals surface area contributed by atoms with Crippen molar-refractivity contribution < 1.29 is 23.7 Å². The zero-order valence-electron chi connectivity index (χ0n) is 22.2. The maximum Gasteiger partial charge on any atom is 0.219 e. The van der Waals surface area contributed by atoms with Crippen LogP contribution < -0.4 is 19.5 Å². The molecule has 0 spiro atoms. The first-order chi connectivity index (χ1) is 19.0. The molecule has 11 nitrogen and oxygen atoms in total. The Morgan fingerprint density at radius 2 is 1.90 bits per heavy atom. The van der Waals surface area contributed by atoms with E-state index in [0.717, 1.165) is 51.0 Å². The second-order valence-corrected chi connectivity index (χ2v) is 9.86. The lowest BCUT2D eigenvalue weighted by Crippen LogP contribution is -2.48. The van der Waals surface area contributed by atoms with E-state index in [0.29, 0.717) is 59.2 Å². The summed E-state index contributed by atoms with van der Waals surface area (Å²) in [6.45, 7) is 7.35. The fraction of sp³-hybridized carbons (Fsp3) is 0.481. The topological polar surface area (TPSA) is 111 Å². The second-order valence-electron chi connectivity index (χ2n) is 9.50. The molecule has 5 rings (SSSR count). The summed E-state index contributed by atoms with van der Waals surface area (Å²) in [7, 11) is 1.57. The number of rotatable bonds is 9. The molecule has 1 aromatic carbocycles.